The van der Waals surface area contributed by atoms with E-state index in [0.29, 0.717) is 0 Å². The van der Waals surface area contributed by atoms with Crippen molar-refractivity contribution in [3.63, 3.8) is 0 Å². The monoisotopic (exact) mass is 366 g/mol. The molecule has 1 aliphatic carbocycles. The maximum atomic E-state index is 11.3. The zero-order valence-electron chi connectivity index (χ0n) is 13.2. The van der Waals surface area contributed by atoms with Gasteiger partial charge in [-0.05, 0) is 30.5 Å². The smallest absolute Gasteiger partial charge is 0.0728 e. The van der Waals surface area contributed by atoms with E-state index in [1.165, 1.54) is 12.0 Å². The largest absolute Gasteiger partial charge is 0.389 e. The van der Waals surface area contributed by atoms with Crippen LogP contribution in [0.4, 0.5) is 0 Å². The molecule has 0 radical (unpaired) electrons. The average Bonchev–Trinajstić information content (AvgIpc) is 2.54. The fraction of sp³-hybridized carbons (Fsp3) is 0.667. The lowest BCUT2D eigenvalue weighted by Crippen LogP contribution is -2.49. The molecule has 122 valence electrons. The molecule has 0 spiro atoms. The Morgan fingerprint density at radius 2 is 1.91 bits per heavy atom. The van der Waals surface area contributed by atoms with Crippen molar-refractivity contribution in [2.45, 2.75) is 43.6 Å². The fourth-order valence-corrected chi connectivity index (χ4v) is 4.39. The van der Waals surface area contributed by atoms with Crippen LogP contribution in [0.2, 0.25) is 0 Å². The minimum atomic E-state index is -0.538. The number of aliphatic hydroxyl groups is 1. The molecule has 1 unspecified atom stereocenters. The van der Waals surface area contributed by atoms with E-state index in [4.69, 9.17) is 0 Å². The number of hydrogen-bond acceptors (Lipinski definition) is 3. The van der Waals surface area contributed by atoms with Crippen LogP contribution >= 0.6 is 15.9 Å². The highest BCUT2D eigenvalue weighted by atomic mass is 79.9. The molecule has 1 saturated carbocycles. The Kier molecular flexibility index (Phi) is 5.55. The number of nitrogens with one attached hydrogen (secondary N) is 1. The predicted octanol–water partition coefficient (Wildman–Crippen LogP) is 3.13. The molecular weight excluding hydrogens is 340 g/mol. The summed E-state index contributed by atoms with van der Waals surface area (Å²) in [7, 11) is 0. The Hall–Kier alpha value is -0.420. The molecule has 3 rings (SSSR count). The zero-order chi connectivity index (χ0) is 15.4. The van der Waals surface area contributed by atoms with Crippen LogP contribution < -0.4 is 5.32 Å². The quantitative estimate of drug-likeness (QED) is 0.858. The van der Waals surface area contributed by atoms with Crippen LogP contribution in [0.15, 0.2) is 28.7 Å². The number of piperazine rings is 1. The first-order chi connectivity index (χ1) is 10.7. The first kappa shape index (κ1) is 16.4. The second-order valence-electron chi connectivity index (χ2n) is 6.82. The summed E-state index contributed by atoms with van der Waals surface area (Å²) >= 11 is 3.59. The molecule has 1 aliphatic heterocycles. The maximum absolute atomic E-state index is 11.3. The molecule has 0 amide bonds. The standard InChI is InChI=1S/C18H27BrN2O/c19-16-6-4-5-15(13-16)17(14-21-11-9-20-10-12-21)18(22)7-2-1-3-8-18/h4-6,13,17,20,22H,1-3,7-12,14H2. The summed E-state index contributed by atoms with van der Waals surface area (Å²) < 4.78 is 1.11. The van der Waals surface area contributed by atoms with Crippen molar-refractivity contribution in [3.8, 4) is 0 Å². The number of rotatable bonds is 4. The lowest BCUT2D eigenvalue weighted by Gasteiger charge is -2.42. The normalized spacial score (nSPS) is 24.1. The lowest BCUT2D eigenvalue weighted by molar-refractivity contribution is -0.0316. The molecule has 0 bridgehead atoms. The van der Waals surface area contributed by atoms with E-state index < -0.39 is 5.60 Å². The van der Waals surface area contributed by atoms with Crippen LogP contribution in [-0.4, -0.2) is 48.3 Å². The third kappa shape index (κ3) is 3.91. The zero-order valence-corrected chi connectivity index (χ0v) is 14.8. The summed E-state index contributed by atoms with van der Waals surface area (Å²) in [5.41, 5.74) is 0.738. The first-order valence-electron chi connectivity index (χ1n) is 8.58. The highest BCUT2D eigenvalue weighted by Gasteiger charge is 2.39. The van der Waals surface area contributed by atoms with Crippen molar-refractivity contribution in [2.24, 2.45) is 0 Å². The summed E-state index contributed by atoms with van der Waals surface area (Å²) in [5, 5.41) is 14.8. The molecule has 1 atom stereocenters. The van der Waals surface area contributed by atoms with Gasteiger partial charge in [-0.25, -0.2) is 0 Å². The number of nitrogens with zero attached hydrogens (tertiary/aromatic N) is 1. The van der Waals surface area contributed by atoms with Crippen LogP contribution in [0, 0.1) is 0 Å². The summed E-state index contributed by atoms with van der Waals surface area (Å²) in [6, 6.07) is 8.54. The van der Waals surface area contributed by atoms with Gasteiger partial charge >= 0.3 is 0 Å². The van der Waals surface area contributed by atoms with E-state index >= 15 is 0 Å². The summed E-state index contributed by atoms with van der Waals surface area (Å²) in [6.45, 7) is 5.25. The predicted molar refractivity (Wildman–Crippen MR) is 94.2 cm³/mol. The van der Waals surface area contributed by atoms with E-state index in [9.17, 15) is 5.11 Å². The van der Waals surface area contributed by atoms with Gasteiger partial charge < -0.3 is 15.3 Å². The van der Waals surface area contributed by atoms with Gasteiger partial charge in [-0.15, -0.1) is 0 Å². The number of benzene rings is 1. The molecule has 1 saturated heterocycles. The molecule has 2 N–H and O–H groups in total. The number of halogens is 1. The Morgan fingerprint density at radius 1 is 1.18 bits per heavy atom. The van der Waals surface area contributed by atoms with Crippen molar-refractivity contribution in [1.82, 2.24) is 10.2 Å². The molecule has 22 heavy (non-hydrogen) atoms. The van der Waals surface area contributed by atoms with Crippen LogP contribution in [0.1, 0.15) is 43.6 Å². The lowest BCUT2D eigenvalue weighted by atomic mass is 9.72. The summed E-state index contributed by atoms with van der Waals surface area (Å²) in [6.07, 6.45) is 5.46. The van der Waals surface area contributed by atoms with Crippen molar-refractivity contribution in [3.05, 3.63) is 34.3 Å². The molecular formula is C18H27BrN2O. The van der Waals surface area contributed by atoms with Gasteiger partial charge in [-0.1, -0.05) is 47.3 Å². The molecule has 1 aromatic carbocycles. The molecule has 2 fully saturated rings. The molecule has 1 aromatic rings. The molecule has 0 aromatic heterocycles. The molecule has 4 heteroatoms. The van der Waals surface area contributed by atoms with Crippen LogP contribution in [0.5, 0.6) is 0 Å². The first-order valence-corrected chi connectivity index (χ1v) is 9.38. The highest BCUT2D eigenvalue weighted by Crippen LogP contribution is 2.41. The van der Waals surface area contributed by atoms with Gasteiger partial charge in [0, 0.05) is 43.1 Å². The third-order valence-electron chi connectivity index (χ3n) is 5.27. The fourth-order valence-electron chi connectivity index (χ4n) is 3.97. The van der Waals surface area contributed by atoms with E-state index in [0.717, 1.165) is 62.9 Å². The number of hydrogen-bond donors (Lipinski definition) is 2. The van der Waals surface area contributed by atoms with Gasteiger partial charge in [0.05, 0.1) is 5.60 Å². The third-order valence-corrected chi connectivity index (χ3v) is 5.76. The molecule has 1 heterocycles. The Bertz CT molecular complexity index is 482. The van der Waals surface area contributed by atoms with E-state index in [-0.39, 0.29) is 5.92 Å². The van der Waals surface area contributed by atoms with E-state index in [1.54, 1.807) is 0 Å². The molecule has 2 aliphatic rings. The van der Waals surface area contributed by atoms with E-state index in [1.807, 2.05) is 0 Å². The van der Waals surface area contributed by atoms with Gasteiger partial charge in [0.1, 0.15) is 0 Å². The van der Waals surface area contributed by atoms with Crippen molar-refractivity contribution < 1.29 is 5.11 Å². The van der Waals surface area contributed by atoms with Crippen molar-refractivity contribution in [2.75, 3.05) is 32.7 Å². The summed E-state index contributed by atoms with van der Waals surface area (Å²) in [5.74, 6) is 0.211. The average molecular weight is 367 g/mol. The SMILES string of the molecule is OC1(C(CN2CCNCC2)c2cccc(Br)c2)CCCCC1. The van der Waals surface area contributed by atoms with Crippen LogP contribution in [-0.2, 0) is 0 Å². The van der Waals surface area contributed by atoms with Gasteiger partial charge in [0.25, 0.3) is 0 Å². The topological polar surface area (TPSA) is 35.5 Å². The van der Waals surface area contributed by atoms with Gasteiger partial charge in [-0.3, -0.25) is 0 Å². The van der Waals surface area contributed by atoms with Gasteiger partial charge in [0.15, 0.2) is 0 Å². The Labute approximate surface area is 142 Å². The van der Waals surface area contributed by atoms with Crippen molar-refractivity contribution >= 4 is 15.9 Å². The van der Waals surface area contributed by atoms with Crippen LogP contribution in [0.3, 0.4) is 0 Å². The molecule has 3 nitrogen and oxygen atoms in total. The Morgan fingerprint density at radius 3 is 2.59 bits per heavy atom. The van der Waals surface area contributed by atoms with Gasteiger partial charge in [-0.2, -0.15) is 0 Å². The summed E-state index contributed by atoms with van der Waals surface area (Å²) in [4.78, 5) is 2.51. The minimum absolute atomic E-state index is 0.211. The van der Waals surface area contributed by atoms with Crippen molar-refractivity contribution in [1.29, 1.82) is 0 Å². The second kappa shape index (κ2) is 7.43. The second-order valence-corrected chi connectivity index (χ2v) is 7.74. The minimum Gasteiger partial charge on any atom is -0.389 e. The van der Waals surface area contributed by atoms with Gasteiger partial charge in [0.2, 0.25) is 0 Å². The van der Waals surface area contributed by atoms with Crippen LogP contribution in [0.25, 0.3) is 0 Å². The van der Waals surface area contributed by atoms with E-state index in [2.05, 4.69) is 50.4 Å². The maximum Gasteiger partial charge on any atom is 0.0728 e. The Balaban J connectivity index is 1.83. The highest BCUT2D eigenvalue weighted by molar-refractivity contribution is 9.10.